The Kier molecular flexibility index (Phi) is 5.39. The quantitative estimate of drug-likeness (QED) is 0.835. The van der Waals surface area contributed by atoms with Gasteiger partial charge in [-0.2, -0.15) is 0 Å². The Balaban J connectivity index is 2.78. The molecule has 1 N–H and O–H groups in total. The summed E-state index contributed by atoms with van der Waals surface area (Å²) in [5, 5.41) is 9.31. The summed E-state index contributed by atoms with van der Waals surface area (Å²) in [6.07, 6.45) is 3.31. The fraction of sp³-hybridized carbons (Fsp3) is 0.867. The average molecular weight is 269 g/mol. The number of carboxylic acids is 1. The van der Waals surface area contributed by atoms with Crippen molar-refractivity contribution in [2.45, 2.75) is 53.4 Å². The van der Waals surface area contributed by atoms with E-state index in [1.807, 2.05) is 0 Å². The second-order valence-corrected chi connectivity index (χ2v) is 6.37. The fourth-order valence-electron chi connectivity index (χ4n) is 2.89. The minimum atomic E-state index is -0.790. The normalized spacial score (nSPS) is 25.4. The summed E-state index contributed by atoms with van der Waals surface area (Å²) in [5.74, 6) is -0.308. The molecular formula is C15H27NO3. The highest BCUT2D eigenvalue weighted by molar-refractivity contribution is 5.81. The number of likely N-dealkylation sites (tertiary alicyclic amines) is 1. The summed E-state index contributed by atoms with van der Waals surface area (Å²) in [6, 6.07) is 0. The number of carbonyl (C=O) groups is 2. The number of carbonyl (C=O) groups excluding carboxylic acids is 1. The first-order valence-corrected chi connectivity index (χ1v) is 7.34. The van der Waals surface area contributed by atoms with Crippen LogP contribution in [-0.4, -0.2) is 35.0 Å². The van der Waals surface area contributed by atoms with E-state index < -0.39 is 11.4 Å². The highest BCUT2D eigenvalue weighted by atomic mass is 16.4. The van der Waals surface area contributed by atoms with Crippen molar-refractivity contribution in [2.75, 3.05) is 13.1 Å². The zero-order valence-electron chi connectivity index (χ0n) is 12.6. The Morgan fingerprint density at radius 1 is 1.37 bits per heavy atom. The van der Waals surface area contributed by atoms with Gasteiger partial charge in [0.15, 0.2) is 0 Å². The second kappa shape index (κ2) is 6.40. The summed E-state index contributed by atoms with van der Waals surface area (Å²) < 4.78 is 0. The van der Waals surface area contributed by atoms with Gasteiger partial charge in [0.1, 0.15) is 0 Å². The molecule has 0 aromatic heterocycles. The van der Waals surface area contributed by atoms with Gasteiger partial charge >= 0.3 is 5.97 Å². The van der Waals surface area contributed by atoms with Gasteiger partial charge in [0, 0.05) is 19.0 Å². The van der Waals surface area contributed by atoms with E-state index in [0.29, 0.717) is 25.4 Å². The van der Waals surface area contributed by atoms with Crippen molar-refractivity contribution in [1.82, 2.24) is 4.90 Å². The van der Waals surface area contributed by atoms with Gasteiger partial charge in [0.05, 0.1) is 5.41 Å². The first-order chi connectivity index (χ1) is 8.81. The first-order valence-electron chi connectivity index (χ1n) is 7.34. The molecule has 19 heavy (non-hydrogen) atoms. The molecule has 1 fully saturated rings. The van der Waals surface area contributed by atoms with E-state index in [2.05, 4.69) is 20.8 Å². The van der Waals surface area contributed by atoms with E-state index in [1.165, 1.54) is 0 Å². The van der Waals surface area contributed by atoms with Gasteiger partial charge in [-0.05, 0) is 32.1 Å². The molecule has 1 rings (SSSR count). The molecule has 1 aliphatic rings. The van der Waals surface area contributed by atoms with Crippen molar-refractivity contribution >= 4 is 11.9 Å². The minimum Gasteiger partial charge on any atom is -0.481 e. The fourth-order valence-corrected chi connectivity index (χ4v) is 2.89. The van der Waals surface area contributed by atoms with Gasteiger partial charge in [-0.3, -0.25) is 9.59 Å². The zero-order chi connectivity index (χ0) is 14.6. The lowest BCUT2D eigenvalue weighted by Crippen LogP contribution is -2.50. The van der Waals surface area contributed by atoms with Crippen molar-refractivity contribution in [3.05, 3.63) is 0 Å². The zero-order valence-corrected chi connectivity index (χ0v) is 12.6. The van der Waals surface area contributed by atoms with Gasteiger partial charge in [-0.1, -0.05) is 27.2 Å². The molecule has 0 bridgehead atoms. The van der Waals surface area contributed by atoms with Crippen molar-refractivity contribution in [2.24, 2.45) is 17.3 Å². The van der Waals surface area contributed by atoms with Gasteiger partial charge in [-0.25, -0.2) is 0 Å². The summed E-state index contributed by atoms with van der Waals surface area (Å²) >= 11 is 0. The number of hydrogen-bond donors (Lipinski definition) is 1. The number of hydrogen-bond acceptors (Lipinski definition) is 2. The largest absolute Gasteiger partial charge is 0.481 e. The molecule has 110 valence electrons. The predicted octanol–water partition coefficient (Wildman–Crippen LogP) is 2.77. The second-order valence-electron chi connectivity index (χ2n) is 6.37. The number of carboxylic acid groups (broad SMARTS) is 1. The van der Waals surface area contributed by atoms with Crippen LogP contribution in [0, 0.1) is 17.3 Å². The topological polar surface area (TPSA) is 57.6 Å². The smallest absolute Gasteiger partial charge is 0.311 e. The number of amides is 1. The first kappa shape index (κ1) is 16.0. The highest BCUT2D eigenvalue weighted by Gasteiger charge is 2.40. The Morgan fingerprint density at radius 3 is 2.47 bits per heavy atom. The third-order valence-electron chi connectivity index (χ3n) is 4.25. The summed E-state index contributed by atoms with van der Waals surface area (Å²) in [6.45, 7) is 9.03. The Hall–Kier alpha value is -1.06. The maximum Gasteiger partial charge on any atom is 0.311 e. The van der Waals surface area contributed by atoms with Crippen LogP contribution in [-0.2, 0) is 9.59 Å². The molecule has 0 radical (unpaired) electrons. The summed E-state index contributed by atoms with van der Waals surface area (Å²) in [5.41, 5.74) is -0.776. The van der Waals surface area contributed by atoms with Gasteiger partial charge in [0.2, 0.25) is 5.91 Å². The van der Waals surface area contributed by atoms with Crippen LogP contribution < -0.4 is 0 Å². The maximum absolute atomic E-state index is 12.6. The van der Waals surface area contributed by atoms with Gasteiger partial charge in [-0.15, -0.1) is 0 Å². The van der Waals surface area contributed by atoms with Crippen molar-refractivity contribution in [3.8, 4) is 0 Å². The lowest BCUT2D eigenvalue weighted by molar-refractivity contribution is -0.154. The average Bonchev–Trinajstić information content (AvgIpc) is 2.34. The molecule has 4 heteroatoms. The molecule has 1 heterocycles. The molecular weight excluding hydrogens is 242 g/mol. The molecule has 0 spiro atoms. The van der Waals surface area contributed by atoms with E-state index in [9.17, 15) is 14.7 Å². The third-order valence-corrected chi connectivity index (χ3v) is 4.25. The van der Waals surface area contributed by atoms with Crippen LogP contribution >= 0.6 is 0 Å². The van der Waals surface area contributed by atoms with Crippen LogP contribution in [0.25, 0.3) is 0 Å². The lowest BCUT2D eigenvalue weighted by atomic mass is 9.81. The number of aliphatic carboxylic acids is 1. The Bertz CT molecular complexity index is 340. The molecule has 1 aliphatic heterocycles. The van der Waals surface area contributed by atoms with Crippen LogP contribution in [0.5, 0.6) is 0 Å². The van der Waals surface area contributed by atoms with Gasteiger partial charge < -0.3 is 10.0 Å². The van der Waals surface area contributed by atoms with Crippen LogP contribution in [0.1, 0.15) is 53.4 Å². The van der Waals surface area contributed by atoms with E-state index in [1.54, 1.807) is 11.8 Å². The van der Waals surface area contributed by atoms with Crippen LogP contribution in [0.4, 0.5) is 0 Å². The monoisotopic (exact) mass is 269 g/mol. The molecule has 0 saturated carbocycles. The van der Waals surface area contributed by atoms with E-state index in [-0.39, 0.29) is 11.8 Å². The van der Waals surface area contributed by atoms with Crippen LogP contribution in [0.2, 0.25) is 0 Å². The number of piperidine rings is 1. The van der Waals surface area contributed by atoms with E-state index in [0.717, 1.165) is 19.3 Å². The third kappa shape index (κ3) is 3.71. The molecule has 1 saturated heterocycles. The van der Waals surface area contributed by atoms with Crippen LogP contribution in [0.3, 0.4) is 0 Å². The minimum absolute atomic E-state index is 0.0288. The molecule has 2 atom stereocenters. The van der Waals surface area contributed by atoms with E-state index >= 15 is 0 Å². The lowest BCUT2D eigenvalue weighted by Gasteiger charge is -2.39. The standard InChI is InChI=1S/C15H27NO3/c1-5-7-12(11(2)3)13(17)16-9-6-8-15(4,10-16)14(18)19/h11-12H,5-10H2,1-4H3,(H,18,19). The Labute approximate surface area is 116 Å². The van der Waals surface area contributed by atoms with Crippen LogP contribution in [0.15, 0.2) is 0 Å². The highest BCUT2D eigenvalue weighted by Crippen LogP contribution is 2.31. The molecule has 0 aliphatic carbocycles. The molecule has 0 aromatic carbocycles. The van der Waals surface area contributed by atoms with E-state index in [4.69, 9.17) is 0 Å². The molecule has 0 aromatic rings. The number of nitrogens with zero attached hydrogens (tertiary/aromatic N) is 1. The van der Waals surface area contributed by atoms with Crippen molar-refractivity contribution < 1.29 is 14.7 Å². The molecule has 1 amide bonds. The predicted molar refractivity (Wildman–Crippen MR) is 74.8 cm³/mol. The maximum atomic E-state index is 12.6. The van der Waals surface area contributed by atoms with Crippen molar-refractivity contribution in [3.63, 3.8) is 0 Å². The molecule has 4 nitrogen and oxygen atoms in total. The summed E-state index contributed by atoms with van der Waals surface area (Å²) in [4.78, 5) is 25.7. The summed E-state index contributed by atoms with van der Waals surface area (Å²) in [7, 11) is 0. The Morgan fingerprint density at radius 2 is 2.00 bits per heavy atom. The van der Waals surface area contributed by atoms with Gasteiger partial charge in [0.25, 0.3) is 0 Å². The number of rotatable bonds is 5. The molecule has 2 unspecified atom stereocenters. The van der Waals surface area contributed by atoms with Crippen molar-refractivity contribution in [1.29, 1.82) is 0 Å². The SMILES string of the molecule is CCCC(C(=O)N1CCCC(C)(C(=O)O)C1)C(C)C.